The van der Waals surface area contributed by atoms with Crippen molar-refractivity contribution < 1.29 is 8.42 Å². The average molecular weight is 266 g/mol. The molecule has 96 valence electrons. The van der Waals surface area contributed by atoms with E-state index < -0.39 is 9.84 Å². The van der Waals surface area contributed by atoms with E-state index >= 15 is 0 Å². The van der Waals surface area contributed by atoms with Gasteiger partial charge < -0.3 is 5.73 Å². The van der Waals surface area contributed by atoms with Crippen molar-refractivity contribution in [3.8, 4) is 0 Å². The summed E-state index contributed by atoms with van der Waals surface area (Å²) in [5, 5.41) is -0.326. The van der Waals surface area contributed by atoms with Gasteiger partial charge in [0.2, 0.25) is 0 Å². The first-order valence-electron chi connectivity index (χ1n) is 5.58. The van der Waals surface area contributed by atoms with Gasteiger partial charge in [0.25, 0.3) is 0 Å². The fourth-order valence-electron chi connectivity index (χ4n) is 1.75. The number of thioether (sulfide) groups is 1. The number of rotatable bonds is 4. The van der Waals surface area contributed by atoms with Crippen molar-refractivity contribution in [2.75, 3.05) is 30.9 Å². The van der Waals surface area contributed by atoms with Gasteiger partial charge >= 0.3 is 0 Å². The van der Waals surface area contributed by atoms with Gasteiger partial charge in [-0.05, 0) is 12.8 Å². The van der Waals surface area contributed by atoms with E-state index in [-0.39, 0.29) is 11.4 Å². The van der Waals surface area contributed by atoms with Gasteiger partial charge in [0.1, 0.15) is 5.37 Å². The first-order chi connectivity index (χ1) is 7.32. The van der Waals surface area contributed by atoms with Gasteiger partial charge in [-0.15, -0.1) is 0 Å². The van der Waals surface area contributed by atoms with Gasteiger partial charge in [-0.25, -0.2) is 8.42 Å². The van der Waals surface area contributed by atoms with Crippen LogP contribution in [-0.4, -0.2) is 55.6 Å². The molecule has 2 N–H and O–H groups in total. The van der Waals surface area contributed by atoms with Gasteiger partial charge in [-0.2, -0.15) is 11.8 Å². The highest BCUT2D eigenvalue weighted by Crippen LogP contribution is 2.21. The SMILES string of the molecule is CC(N)C(C)CN1CCSCC1S(C)(=O)=O. The Balaban J connectivity index is 2.68. The fourth-order valence-corrected chi connectivity index (χ4v) is 4.71. The predicted molar refractivity (Wildman–Crippen MR) is 70.3 cm³/mol. The average Bonchev–Trinajstić information content (AvgIpc) is 2.16. The molecular formula is C10H22N2O2S2. The molecule has 1 aliphatic rings. The molecule has 0 bridgehead atoms. The molecule has 1 saturated heterocycles. The van der Waals surface area contributed by atoms with Crippen molar-refractivity contribution in [2.24, 2.45) is 11.7 Å². The Bertz CT molecular complexity index is 317. The molecule has 1 rings (SSSR count). The van der Waals surface area contributed by atoms with Crippen LogP contribution in [0.5, 0.6) is 0 Å². The summed E-state index contributed by atoms with van der Waals surface area (Å²) < 4.78 is 23.3. The zero-order valence-electron chi connectivity index (χ0n) is 10.2. The lowest BCUT2D eigenvalue weighted by Crippen LogP contribution is -2.50. The minimum absolute atomic E-state index is 0.106. The second-order valence-corrected chi connectivity index (χ2v) is 8.04. The lowest BCUT2D eigenvalue weighted by atomic mass is 10.0. The Kier molecular flexibility index (Phi) is 5.10. The van der Waals surface area contributed by atoms with Gasteiger partial charge in [-0.3, -0.25) is 4.90 Å². The van der Waals surface area contributed by atoms with E-state index in [0.717, 1.165) is 18.8 Å². The standard InChI is InChI=1S/C10H22N2O2S2/c1-8(9(2)11)6-12-4-5-15-7-10(12)16(3,13)14/h8-10H,4-7,11H2,1-3H3. The number of sulfone groups is 1. The summed E-state index contributed by atoms with van der Waals surface area (Å²) in [6.45, 7) is 5.67. The van der Waals surface area contributed by atoms with Gasteiger partial charge in [-0.1, -0.05) is 6.92 Å². The third-order valence-corrected chi connectivity index (χ3v) is 5.79. The van der Waals surface area contributed by atoms with E-state index in [2.05, 4.69) is 11.8 Å². The normalized spacial score (nSPS) is 27.6. The van der Waals surface area contributed by atoms with Crippen LogP contribution in [0.4, 0.5) is 0 Å². The van der Waals surface area contributed by atoms with Crippen LogP contribution in [0.1, 0.15) is 13.8 Å². The lowest BCUT2D eigenvalue weighted by Gasteiger charge is -2.36. The van der Waals surface area contributed by atoms with Crippen molar-refractivity contribution in [3.63, 3.8) is 0 Å². The Hall–Kier alpha value is 0.220. The van der Waals surface area contributed by atoms with Crippen LogP contribution in [0.2, 0.25) is 0 Å². The molecule has 3 unspecified atom stereocenters. The van der Waals surface area contributed by atoms with Crippen molar-refractivity contribution in [1.82, 2.24) is 4.90 Å². The summed E-state index contributed by atoms with van der Waals surface area (Å²) in [7, 11) is -2.98. The first kappa shape index (κ1) is 14.3. The molecule has 0 aromatic carbocycles. The Morgan fingerprint density at radius 1 is 1.50 bits per heavy atom. The predicted octanol–water partition coefficient (Wildman–Crippen LogP) is 0.389. The van der Waals surface area contributed by atoms with Crippen LogP contribution in [0, 0.1) is 5.92 Å². The zero-order chi connectivity index (χ0) is 12.3. The molecule has 0 aromatic heterocycles. The van der Waals surface area contributed by atoms with Crippen molar-refractivity contribution in [1.29, 1.82) is 0 Å². The Morgan fingerprint density at radius 2 is 2.12 bits per heavy atom. The summed E-state index contributed by atoms with van der Waals surface area (Å²) in [6, 6.07) is 0.106. The quantitative estimate of drug-likeness (QED) is 0.797. The van der Waals surface area contributed by atoms with E-state index in [1.165, 1.54) is 6.26 Å². The van der Waals surface area contributed by atoms with E-state index in [0.29, 0.717) is 11.7 Å². The number of nitrogens with two attached hydrogens (primary N) is 1. The molecule has 4 nitrogen and oxygen atoms in total. The molecule has 1 fully saturated rings. The highest BCUT2D eigenvalue weighted by Gasteiger charge is 2.31. The summed E-state index contributed by atoms with van der Waals surface area (Å²) in [5.41, 5.74) is 5.83. The highest BCUT2D eigenvalue weighted by atomic mass is 32.2. The first-order valence-corrected chi connectivity index (χ1v) is 8.69. The molecule has 3 atom stereocenters. The zero-order valence-corrected chi connectivity index (χ0v) is 11.9. The maximum Gasteiger partial charge on any atom is 0.164 e. The second-order valence-electron chi connectivity index (χ2n) is 4.69. The van der Waals surface area contributed by atoms with Crippen LogP contribution in [0.3, 0.4) is 0 Å². The van der Waals surface area contributed by atoms with Crippen molar-refractivity contribution in [2.45, 2.75) is 25.3 Å². The van der Waals surface area contributed by atoms with Crippen LogP contribution in [0.25, 0.3) is 0 Å². The highest BCUT2D eigenvalue weighted by molar-refractivity contribution is 8.00. The van der Waals surface area contributed by atoms with Gasteiger partial charge in [0.15, 0.2) is 9.84 Å². The molecule has 1 aliphatic heterocycles. The monoisotopic (exact) mass is 266 g/mol. The smallest absolute Gasteiger partial charge is 0.164 e. The number of nitrogens with zero attached hydrogens (tertiary/aromatic N) is 1. The Morgan fingerprint density at radius 3 is 2.62 bits per heavy atom. The maximum atomic E-state index is 11.7. The molecular weight excluding hydrogens is 244 g/mol. The summed E-state index contributed by atoms with van der Waals surface area (Å²) in [5.74, 6) is 2.02. The Labute approximate surface area is 103 Å². The maximum absolute atomic E-state index is 11.7. The molecule has 16 heavy (non-hydrogen) atoms. The molecule has 0 saturated carbocycles. The van der Waals surface area contributed by atoms with E-state index in [1.54, 1.807) is 11.8 Å². The van der Waals surface area contributed by atoms with E-state index in [4.69, 9.17) is 5.73 Å². The molecule has 1 heterocycles. The molecule has 0 amide bonds. The fraction of sp³-hybridized carbons (Fsp3) is 1.00. The lowest BCUT2D eigenvalue weighted by molar-refractivity contribution is 0.222. The summed E-state index contributed by atoms with van der Waals surface area (Å²) in [6.07, 6.45) is 1.33. The topological polar surface area (TPSA) is 63.4 Å². The molecule has 0 radical (unpaired) electrons. The van der Waals surface area contributed by atoms with E-state index in [1.807, 2.05) is 6.92 Å². The van der Waals surface area contributed by atoms with Crippen molar-refractivity contribution >= 4 is 21.6 Å². The minimum atomic E-state index is -2.98. The molecule has 0 aromatic rings. The van der Waals surface area contributed by atoms with Crippen LogP contribution in [-0.2, 0) is 9.84 Å². The minimum Gasteiger partial charge on any atom is -0.328 e. The van der Waals surface area contributed by atoms with Gasteiger partial charge in [0.05, 0.1) is 0 Å². The van der Waals surface area contributed by atoms with Crippen LogP contribution < -0.4 is 5.73 Å². The van der Waals surface area contributed by atoms with E-state index in [9.17, 15) is 8.42 Å². The third kappa shape index (κ3) is 3.91. The molecule has 6 heteroatoms. The molecule has 0 spiro atoms. The number of hydrogen-bond donors (Lipinski definition) is 1. The largest absolute Gasteiger partial charge is 0.328 e. The number of hydrogen-bond acceptors (Lipinski definition) is 5. The summed E-state index contributed by atoms with van der Waals surface area (Å²) >= 11 is 1.72. The van der Waals surface area contributed by atoms with Crippen molar-refractivity contribution in [3.05, 3.63) is 0 Å². The third-order valence-electron chi connectivity index (χ3n) is 3.10. The summed E-state index contributed by atoms with van der Waals surface area (Å²) in [4.78, 5) is 2.07. The second kappa shape index (κ2) is 5.71. The van der Waals surface area contributed by atoms with Gasteiger partial charge in [0, 0.05) is 36.9 Å². The van der Waals surface area contributed by atoms with Crippen LogP contribution in [0.15, 0.2) is 0 Å². The molecule has 0 aliphatic carbocycles. The van der Waals surface area contributed by atoms with Crippen LogP contribution >= 0.6 is 11.8 Å².